The van der Waals surface area contributed by atoms with Gasteiger partial charge in [0.25, 0.3) is 0 Å². The Morgan fingerprint density at radius 3 is 2.72 bits per heavy atom. The fraction of sp³-hybridized carbons (Fsp3) is 0.500. The second kappa shape index (κ2) is 5.87. The van der Waals surface area contributed by atoms with Gasteiger partial charge >= 0.3 is 0 Å². The van der Waals surface area contributed by atoms with Crippen LogP contribution in [-0.4, -0.2) is 35.5 Å². The molecule has 1 aliphatic rings. The van der Waals surface area contributed by atoms with E-state index in [1.807, 2.05) is 11.0 Å². The van der Waals surface area contributed by atoms with Crippen LogP contribution in [0.2, 0.25) is 0 Å². The third-order valence-electron chi connectivity index (χ3n) is 3.44. The van der Waals surface area contributed by atoms with Crippen molar-refractivity contribution in [3.63, 3.8) is 0 Å². The topological polar surface area (TPSA) is 66.6 Å². The summed E-state index contributed by atoms with van der Waals surface area (Å²) in [5, 5.41) is 9.42. The molecule has 1 aliphatic heterocycles. The molecular formula is C14H20N2O2. The highest BCUT2D eigenvalue weighted by Gasteiger charge is 2.25. The average Bonchev–Trinajstić information content (AvgIpc) is 2.89. The first-order valence-electron chi connectivity index (χ1n) is 6.47. The van der Waals surface area contributed by atoms with Crippen LogP contribution in [0.1, 0.15) is 18.4 Å². The van der Waals surface area contributed by atoms with Crippen molar-refractivity contribution >= 4 is 5.91 Å². The number of aromatic hydroxyl groups is 1. The summed E-state index contributed by atoms with van der Waals surface area (Å²) in [6, 6.07) is 7.03. The van der Waals surface area contributed by atoms with Crippen molar-refractivity contribution in [2.75, 3.05) is 19.6 Å². The number of benzene rings is 1. The molecule has 3 N–H and O–H groups in total. The van der Waals surface area contributed by atoms with E-state index < -0.39 is 0 Å². The molecule has 1 unspecified atom stereocenters. The fourth-order valence-electron chi connectivity index (χ4n) is 2.44. The molecule has 18 heavy (non-hydrogen) atoms. The summed E-state index contributed by atoms with van der Waals surface area (Å²) in [6.45, 7) is 2.07. The first-order chi connectivity index (χ1) is 8.70. The molecule has 0 aromatic heterocycles. The van der Waals surface area contributed by atoms with Gasteiger partial charge in [-0.15, -0.1) is 0 Å². The molecule has 0 saturated carbocycles. The van der Waals surface area contributed by atoms with E-state index in [-0.39, 0.29) is 17.6 Å². The summed E-state index contributed by atoms with van der Waals surface area (Å²) >= 11 is 0. The molecule has 1 atom stereocenters. The summed E-state index contributed by atoms with van der Waals surface area (Å²) in [5.41, 5.74) is 6.67. The third kappa shape index (κ3) is 3.01. The van der Waals surface area contributed by atoms with Crippen molar-refractivity contribution in [1.82, 2.24) is 4.90 Å². The number of carbonyl (C=O) groups excluding carboxylic acids is 1. The lowest BCUT2D eigenvalue weighted by molar-refractivity contribution is -0.134. The van der Waals surface area contributed by atoms with Gasteiger partial charge in [-0.3, -0.25) is 4.79 Å². The van der Waals surface area contributed by atoms with E-state index in [0.29, 0.717) is 13.0 Å². The quantitative estimate of drug-likeness (QED) is 0.839. The van der Waals surface area contributed by atoms with Crippen LogP contribution in [0.15, 0.2) is 24.3 Å². The minimum absolute atomic E-state index is 0.151. The largest absolute Gasteiger partial charge is 0.508 e. The van der Waals surface area contributed by atoms with E-state index in [1.165, 1.54) is 0 Å². The highest BCUT2D eigenvalue weighted by Crippen LogP contribution is 2.18. The Morgan fingerprint density at radius 1 is 1.39 bits per heavy atom. The Bertz CT molecular complexity index is 414. The molecule has 0 spiro atoms. The molecule has 1 amide bonds. The fourth-order valence-corrected chi connectivity index (χ4v) is 2.44. The third-order valence-corrected chi connectivity index (χ3v) is 3.44. The van der Waals surface area contributed by atoms with Gasteiger partial charge in [0.1, 0.15) is 5.75 Å². The minimum Gasteiger partial charge on any atom is -0.508 e. The molecule has 1 aromatic carbocycles. The lowest BCUT2D eigenvalue weighted by atomic mass is 9.98. The van der Waals surface area contributed by atoms with E-state index in [9.17, 15) is 9.90 Å². The van der Waals surface area contributed by atoms with Crippen molar-refractivity contribution < 1.29 is 9.90 Å². The van der Waals surface area contributed by atoms with Gasteiger partial charge in [-0.2, -0.15) is 0 Å². The molecule has 98 valence electrons. The van der Waals surface area contributed by atoms with Gasteiger partial charge < -0.3 is 15.7 Å². The van der Waals surface area contributed by atoms with Crippen LogP contribution in [0.25, 0.3) is 0 Å². The highest BCUT2D eigenvalue weighted by atomic mass is 16.3. The molecule has 0 bridgehead atoms. The second-order valence-corrected chi connectivity index (χ2v) is 4.84. The van der Waals surface area contributed by atoms with Crippen molar-refractivity contribution in [3.05, 3.63) is 29.8 Å². The Morgan fingerprint density at radius 2 is 2.11 bits per heavy atom. The number of phenolic OH excluding ortho intramolecular Hbond substituents is 1. The zero-order valence-corrected chi connectivity index (χ0v) is 10.5. The summed E-state index contributed by atoms with van der Waals surface area (Å²) < 4.78 is 0. The molecule has 1 aromatic rings. The zero-order chi connectivity index (χ0) is 13.0. The summed E-state index contributed by atoms with van der Waals surface area (Å²) in [6.07, 6.45) is 2.78. The number of rotatable bonds is 4. The van der Waals surface area contributed by atoms with E-state index in [4.69, 9.17) is 5.73 Å². The number of nitrogens with zero attached hydrogens (tertiary/aromatic N) is 1. The molecule has 1 fully saturated rings. The maximum Gasteiger partial charge on any atom is 0.227 e. The summed E-state index contributed by atoms with van der Waals surface area (Å²) in [4.78, 5) is 14.2. The lowest BCUT2D eigenvalue weighted by Gasteiger charge is -2.22. The maximum absolute atomic E-state index is 12.2. The Hall–Kier alpha value is -1.55. The molecule has 1 heterocycles. The molecule has 0 radical (unpaired) electrons. The number of likely N-dealkylation sites (tertiary alicyclic amines) is 1. The van der Waals surface area contributed by atoms with Crippen molar-refractivity contribution in [1.29, 1.82) is 0 Å². The number of hydrogen-bond acceptors (Lipinski definition) is 3. The predicted molar refractivity (Wildman–Crippen MR) is 70.2 cm³/mol. The van der Waals surface area contributed by atoms with Crippen LogP contribution in [0.4, 0.5) is 0 Å². The van der Waals surface area contributed by atoms with Gasteiger partial charge in [0.15, 0.2) is 0 Å². The number of amides is 1. The lowest BCUT2D eigenvalue weighted by Crippen LogP contribution is -2.38. The minimum atomic E-state index is -0.176. The van der Waals surface area contributed by atoms with Crippen LogP contribution >= 0.6 is 0 Å². The first-order valence-corrected chi connectivity index (χ1v) is 6.47. The number of phenols is 1. The van der Waals surface area contributed by atoms with Crippen LogP contribution in [-0.2, 0) is 11.2 Å². The van der Waals surface area contributed by atoms with E-state index >= 15 is 0 Å². The van der Waals surface area contributed by atoms with E-state index in [0.717, 1.165) is 31.5 Å². The van der Waals surface area contributed by atoms with Crippen LogP contribution < -0.4 is 5.73 Å². The zero-order valence-electron chi connectivity index (χ0n) is 10.5. The van der Waals surface area contributed by atoms with Crippen LogP contribution in [0.3, 0.4) is 0 Å². The van der Waals surface area contributed by atoms with Crippen molar-refractivity contribution in [2.45, 2.75) is 19.3 Å². The van der Waals surface area contributed by atoms with Crippen LogP contribution in [0, 0.1) is 5.92 Å². The van der Waals surface area contributed by atoms with Gasteiger partial charge in [-0.1, -0.05) is 12.1 Å². The van der Waals surface area contributed by atoms with Crippen molar-refractivity contribution in [3.8, 4) is 5.75 Å². The average molecular weight is 248 g/mol. The molecule has 4 nitrogen and oxygen atoms in total. The molecule has 1 saturated heterocycles. The number of hydrogen-bond donors (Lipinski definition) is 2. The smallest absolute Gasteiger partial charge is 0.227 e. The second-order valence-electron chi connectivity index (χ2n) is 4.84. The molecule has 0 aliphatic carbocycles. The Labute approximate surface area is 107 Å². The normalized spacial score (nSPS) is 16.8. The Kier molecular flexibility index (Phi) is 4.20. The number of carbonyl (C=O) groups is 1. The molecule has 2 rings (SSSR count). The SMILES string of the molecule is NCC(Cc1cccc(O)c1)C(=O)N1CCCC1. The van der Waals surface area contributed by atoms with E-state index in [2.05, 4.69) is 0 Å². The van der Waals surface area contributed by atoms with Crippen molar-refractivity contribution in [2.24, 2.45) is 11.7 Å². The molecule has 4 heteroatoms. The van der Waals surface area contributed by atoms with Gasteiger partial charge in [0.05, 0.1) is 5.92 Å². The van der Waals surface area contributed by atoms with Gasteiger partial charge in [0.2, 0.25) is 5.91 Å². The summed E-state index contributed by atoms with van der Waals surface area (Å²) in [5.74, 6) is 0.208. The van der Waals surface area contributed by atoms with Crippen LogP contribution in [0.5, 0.6) is 5.75 Å². The predicted octanol–water partition coefficient (Wildman–Crippen LogP) is 1.13. The summed E-state index contributed by atoms with van der Waals surface area (Å²) in [7, 11) is 0. The van der Waals surface area contributed by atoms with Gasteiger partial charge in [0, 0.05) is 19.6 Å². The highest BCUT2D eigenvalue weighted by molar-refractivity contribution is 5.79. The Balaban J connectivity index is 2.02. The molecular weight excluding hydrogens is 228 g/mol. The van der Waals surface area contributed by atoms with Gasteiger partial charge in [-0.25, -0.2) is 0 Å². The van der Waals surface area contributed by atoms with Gasteiger partial charge in [-0.05, 0) is 37.0 Å². The number of nitrogens with two attached hydrogens (primary N) is 1. The first kappa shape index (κ1) is 12.9. The standard InChI is InChI=1S/C14H20N2O2/c15-10-12(14(18)16-6-1-2-7-16)8-11-4-3-5-13(17)9-11/h3-5,9,12,17H,1-2,6-8,10,15H2. The van der Waals surface area contributed by atoms with E-state index in [1.54, 1.807) is 18.2 Å². The monoisotopic (exact) mass is 248 g/mol. The maximum atomic E-state index is 12.2.